The van der Waals surface area contributed by atoms with Gasteiger partial charge >= 0.3 is 0 Å². The number of benzene rings is 1. The smallest absolute Gasteiger partial charge is 0.223 e. The number of hydrogen-bond donors (Lipinski definition) is 0. The molecule has 1 aromatic rings. The first-order valence-corrected chi connectivity index (χ1v) is 7.20. The van der Waals surface area contributed by atoms with Gasteiger partial charge in [-0.2, -0.15) is 0 Å². The summed E-state index contributed by atoms with van der Waals surface area (Å²) >= 11 is 0. The lowest BCUT2D eigenvalue weighted by atomic mass is 10.1. The zero-order valence-corrected chi connectivity index (χ0v) is 12.0. The van der Waals surface area contributed by atoms with Gasteiger partial charge in [-0.15, -0.1) is 0 Å². The van der Waals surface area contributed by atoms with Crippen LogP contribution < -0.4 is 0 Å². The van der Waals surface area contributed by atoms with E-state index >= 15 is 0 Å². The standard InChI is InChI=1S/C16H21F2NO/c1-11(2)10-19(13-5-6-13)16(20)8-4-12-3-7-14(17)15(18)9-12/h3,7,9,11,13H,4-6,8,10H2,1-2H3. The van der Waals surface area contributed by atoms with Crippen LogP contribution >= 0.6 is 0 Å². The van der Waals surface area contributed by atoms with Crippen LogP contribution in [0.3, 0.4) is 0 Å². The Morgan fingerprint density at radius 2 is 2.00 bits per heavy atom. The van der Waals surface area contributed by atoms with E-state index < -0.39 is 11.6 Å². The maximum Gasteiger partial charge on any atom is 0.223 e. The first-order valence-electron chi connectivity index (χ1n) is 7.20. The lowest BCUT2D eigenvalue weighted by Gasteiger charge is -2.24. The molecule has 1 aromatic carbocycles. The number of carbonyl (C=O) groups excluding carboxylic acids is 1. The fourth-order valence-corrected chi connectivity index (χ4v) is 2.32. The van der Waals surface area contributed by atoms with Crippen molar-refractivity contribution in [2.45, 2.75) is 45.6 Å². The molecule has 1 amide bonds. The Bertz CT molecular complexity index is 483. The van der Waals surface area contributed by atoms with Gasteiger partial charge in [-0.3, -0.25) is 4.79 Å². The summed E-state index contributed by atoms with van der Waals surface area (Å²) in [6.45, 7) is 4.97. The Labute approximate surface area is 118 Å². The zero-order chi connectivity index (χ0) is 14.7. The minimum atomic E-state index is -0.851. The highest BCUT2D eigenvalue weighted by molar-refractivity contribution is 5.77. The summed E-state index contributed by atoms with van der Waals surface area (Å²) in [5.74, 6) is -1.13. The second kappa shape index (κ2) is 6.33. The van der Waals surface area contributed by atoms with Crippen LogP contribution in [0.4, 0.5) is 8.78 Å². The highest BCUT2D eigenvalue weighted by Crippen LogP contribution is 2.28. The van der Waals surface area contributed by atoms with E-state index in [-0.39, 0.29) is 5.91 Å². The fourth-order valence-electron chi connectivity index (χ4n) is 2.32. The first-order chi connectivity index (χ1) is 9.47. The normalized spacial score (nSPS) is 14.7. The summed E-state index contributed by atoms with van der Waals surface area (Å²) in [6, 6.07) is 4.22. The SMILES string of the molecule is CC(C)CN(C(=O)CCc1ccc(F)c(F)c1)C1CC1. The number of nitrogens with zero attached hydrogens (tertiary/aromatic N) is 1. The van der Waals surface area contributed by atoms with Crippen LogP contribution in [0.15, 0.2) is 18.2 Å². The number of carbonyl (C=O) groups is 1. The Morgan fingerprint density at radius 1 is 1.30 bits per heavy atom. The molecule has 0 saturated heterocycles. The Hall–Kier alpha value is -1.45. The van der Waals surface area contributed by atoms with Gasteiger partial charge in [0.2, 0.25) is 5.91 Å². The minimum absolute atomic E-state index is 0.117. The summed E-state index contributed by atoms with van der Waals surface area (Å²) in [6.07, 6.45) is 2.99. The van der Waals surface area contributed by atoms with Gasteiger partial charge in [-0.25, -0.2) is 8.78 Å². The Kier molecular flexibility index (Phi) is 4.73. The molecule has 110 valence electrons. The second-order valence-corrected chi connectivity index (χ2v) is 5.92. The van der Waals surface area contributed by atoms with Crippen LogP contribution in [0.25, 0.3) is 0 Å². The monoisotopic (exact) mass is 281 g/mol. The highest BCUT2D eigenvalue weighted by atomic mass is 19.2. The van der Waals surface area contributed by atoms with E-state index in [1.807, 2.05) is 4.90 Å². The van der Waals surface area contributed by atoms with Crippen LogP contribution in [-0.4, -0.2) is 23.4 Å². The largest absolute Gasteiger partial charge is 0.339 e. The summed E-state index contributed by atoms with van der Waals surface area (Å²) in [7, 11) is 0. The molecule has 0 aromatic heterocycles. The van der Waals surface area contributed by atoms with Gasteiger partial charge in [-0.1, -0.05) is 19.9 Å². The van der Waals surface area contributed by atoms with Gasteiger partial charge in [0.05, 0.1) is 0 Å². The summed E-state index contributed by atoms with van der Waals surface area (Å²) in [5, 5.41) is 0. The molecule has 1 aliphatic rings. The van der Waals surface area contributed by atoms with Gasteiger partial charge in [-0.05, 0) is 42.9 Å². The molecule has 1 saturated carbocycles. The van der Waals surface area contributed by atoms with E-state index in [0.717, 1.165) is 25.5 Å². The van der Waals surface area contributed by atoms with Crippen LogP contribution in [0.1, 0.15) is 38.7 Å². The molecule has 2 rings (SSSR count). The molecule has 0 bridgehead atoms. The average Bonchev–Trinajstić information content (AvgIpc) is 3.21. The van der Waals surface area contributed by atoms with E-state index in [2.05, 4.69) is 13.8 Å². The molecular weight excluding hydrogens is 260 g/mol. The van der Waals surface area contributed by atoms with Gasteiger partial charge in [0.1, 0.15) is 0 Å². The van der Waals surface area contributed by atoms with Crippen LogP contribution in [0.5, 0.6) is 0 Å². The van der Waals surface area contributed by atoms with Crippen molar-refractivity contribution in [1.82, 2.24) is 4.90 Å². The molecule has 0 N–H and O–H groups in total. The third-order valence-electron chi connectivity index (χ3n) is 3.48. The third-order valence-corrected chi connectivity index (χ3v) is 3.48. The van der Waals surface area contributed by atoms with Crippen molar-refractivity contribution in [3.8, 4) is 0 Å². The van der Waals surface area contributed by atoms with Crippen molar-refractivity contribution >= 4 is 5.91 Å². The molecule has 0 heterocycles. The van der Waals surface area contributed by atoms with Crippen LogP contribution in [0, 0.1) is 17.6 Å². The maximum atomic E-state index is 13.1. The molecule has 0 spiro atoms. The van der Waals surface area contributed by atoms with E-state index in [1.165, 1.54) is 12.1 Å². The van der Waals surface area contributed by atoms with Crippen molar-refractivity contribution in [2.75, 3.05) is 6.54 Å². The van der Waals surface area contributed by atoms with E-state index in [4.69, 9.17) is 0 Å². The summed E-state index contributed by atoms with van der Waals surface area (Å²) < 4.78 is 25.9. The predicted octanol–water partition coefficient (Wildman–Crippen LogP) is 3.54. The second-order valence-electron chi connectivity index (χ2n) is 5.92. The molecule has 0 unspecified atom stereocenters. The number of halogens is 2. The lowest BCUT2D eigenvalue weighted by molar-refractivity contribution is -0.132. The lowest BCUT2D eigenvalue weighted by Crippen LogP contribution is -2.36. The molecule has 1 fully saturated rings. The quantitative estimate of drug-likeness (QED) is 0.781. The van der Waals surface area contributed by atoms with E-state index in [9.17, 15) is 13.6 Å². The van der Waals surface area contributed by atoms with E-state index in [1.54, 1.807) is 0 Å². The number of aryl methyl sites for hydroxylation is 1. The van der Waals surface area contributed by atoms with Crippen molar-refractivity contribution in [2.24, 2.45) is 5.92 Å². The number of hydrogen-bond acceptors (Lipinski definition) is 1. The molecule has 4 heteroatoms. The Morgan fingerprint density at radius 3 is 2.55 bits per heavy atom. The van der Waals surface area contributed by atoms with Crippen molar-refractivity contribution in [3.63, 3.8) is 0 Å². The van der Waals surface area contributed by atoms with Gasteiger partial charge < -0.3 is 4.90 Å². The van der Waals surface area contributed by atoms with Gasteiger partial charge in [0.15, 0.2) is 11.6 Å². The minimum Gasteiger partial charge on any atom is -0.339 e. The summed E-state index contributed by atoms with van der Waals surface area (Å²) in [5.41, 5.74) is 0.664. The Balaban J connectivity index is 1.91. The van der Waals surface area contributed by atoms with Crippen molar-refractivity contribution in [3.05, 3.63) is 35.4 Å². The van der Waals surface area contributed by atoms with Crippen molar-refractivity contribution in [1.29, 1.82) is 0 Å². The molecule has 0 atom stereocenters. The molecule has 0 radical (unpaired) electrons. The van der Waals surface area contributed by atoms with Crippen LogP contribution in [-0.2, 0) is 11.2 Å². The maximum absolute atomic E-state index is 13.1. The topological polar surface area (TPSA) is 20.3 Å². The number of rotatable bonds is 6. The zero-order valence-electron chi connectivity index (χ0n) is 12.0. The highest BCUT2D eigenvalue weighted by Gasteiger charge is 2.32. The number of amides is 1. The first kappa shape index (κ1) is 14.9. The third kappa shape index (κ3) is 4.02. The molecule has 20 heavy (non-hydrogen) atoms. The fraction of sp³-hybridized carbons (Fsp3) is 0.562. The van der Waals surface area contributed by atoms with Gasteiger partial charge in [0.25, 0.3) is 0 Å². The molecule has 2 nitrogen and oxygen atoms in total. The average molecular weight is 281 g/mol. The van der Waals surface area contributed by atoms with Gasteiger partial charge in [0, 0.05) is 19.0 Å². The molecule has 0 aliphatic heterocycles. The van der Waals surface area contributed by atoms with Crippen molar-refractivity contribution < 1.29 is 13.6 Å². The predicted molar refractivity (Wildman–Crippen MR) is 74.3 cm³/mol. The molecular formula is C16H21F2NO. The van der Waals surface area contributed by atoms with E-state index in [0.29, 0.717) is 30.4 Å². The van der Waals surface area contributed by atoms with Crippen LogP contribution in [0.2, 0.25) is 0 Å². The molecule has 1 aliphatic carbocycles. The summed E-state index contributed by atoms with van der Waals surface area (Å²) in [4.78, 5) is 14.2.